The van der Waals surface area contributed by atoms with Crippen LogP contribution in [-0.4, -0.2) is 19.2 Å². The highest BCUT2D eigenvalue weighted by molar-refractivity contribution is 9.10. The van der Waals surface area contributed by atoms with Crippen molar-refractivity contribution >= 4 is 33.5 Å². The Balaban J connectivity index is 1.95. The van der Waals surface area contributed by atoms with Gasteiger partial charge in [0.1, 0.15) is 5.75 Å². The molecule has 116 valence electrons. The topological polar surface area (TPSA) is 44.8 Å². The first kappa shape index (κ1) is 16.6. The van der Waals surface area contributed by atoms with Crippen molar-refractivity contribution in [2.75, 3.05) is 13.2 Å². The molecule has 0 amide bonds. The third kappa shape index (κ3) is 4.64. The SMILES string of the molecule is CCOc1ccccc1OCC(=O)Oc1ccc(Cl)cc1Br. The van der Waals surface area contributed by atoms with Gasteiger partial charge in [-0.3, -0.25) is 0 Å². The molecule has 0 saturated heterocycles. The van der Waals surface area contributed by atoms with Crippen LogP contribution < -0.4 is 14.2 Å². The molecule has 0 aliphatic heterocycles. The predicted molar refractivity (Wildman–Crippen MR) is 87.9 cm³/mol. The Kier molecular flexibility index (Phi) is 6.10. The number of esters is 1. The maximum atomic E-state index is 11.9. The first-order chi connectivity index (χ1) is 10.6. The van der Waals surface area contributed by atoms with Crippen LogP contribution in [0, 0.1) is 0 Å². The number of carbonyl (C=O) groups excluding carboxylic acids is 1. The molecule has 0 spiro atoms. The summed E-state index contributed by atoms with van der Waals surface area (Å²) >= 11 is 9.11. The summed E-state index contributed by atoms with van der Waals surface area (Å²) in [7, 11) is 0. The second-order valence-electron chi connectivity index (χ2n) is 4.22. The van der Waals surface area contributed by atoms with Crippen molar-refractivity contribution in [1.29, 1.82) is 0 Å². The molecule has 0 bridgehead atoms. The minimum atomic E-state index is -0.519. The number of carbonyl (C=O) groups is 1. The van der Waals surface area contributed by atoms with E-state index in [4.69, 9.17) is 25.8 Å². The molecule has 2 aromatic rings. The molecule has 0 aliphatic carbocycles. The maximum absolute atomic E-state index is 11.9. The van der Waals surface area contributed by atoms with E-state index in [9.17, 15) is 4.79 Å². The number of ether oxygens (including phenoxy) is 3. The zero-order valence-corrected chi connectivity index (χ0v) is 14.2. The summed E-state index contributed by atoms with van der Waals surface area (Å²) in [6.07, 6.45) is 0. The van der Waals surface area contributed by atoms with Crippen molar-refractivity contribution in [3.63, 3.8) is 0 Å². The Morgan fingerprint density at radius 3 is 2.41 bits per heavy atom. The zero-order valence-electron chi connectivity index (χ0n) is 11.8. The lowest BCUT2D eigenvalue weighted by molar-refractivity contribution is -0.136. The molecule has 4 nitrogen and oxygen atoms in total. The van der Waals surface area contributed by atoms with Gasteiger partial charge in [-0.2, -0.15) is 0 Å². The lowest BCUT2D eigenvalue weighted by atomic mass is 10.3. The van der Waals surface area contributed by atoms with Gasteiger partial charge in [0.15, 0.2) is 18.1 Å². The summed E-state index contributed by atoms with van der Waals surface area (Å²) in [4.78, 5) is 11.9. The van der Waals surface area contributed by atoms with E-state index in [1.54, 1.807) is 36.4 Å². The van der Waals surface area contributed by atoms with Gasteiger partial charge in [-0.1, -0.05) is 23.7 Å². The molecule has 2 aromatic carbocycles. The molecule has 0 aliphatic rings. The summed E-state index contributed by atoms with van der Waals surface area (Å²) in [6, 6.07) is 12.0. The second-order valence-corrected chi connectivity index (χ2v) is 5.51. The highest BCUT2D eigenvalue weighted by atomic mass is 79.9. The fourth-order valence-electron chi connectivity index (χ4n) is 1.69. The van der Waals surface area contributed by atoms with Gasteiger partial charge < -0.3 is 14.2 Å². The van der Waals surface area contributed by atoms with Crippen molar-refractivity contribution in [2.24, 2.45) is 0 Å². The lowest BCUT2D eigenvalue weighted by Gasteiger charge is -2.11. The van der Waals surface area contributed by atoms with Crippen molar-refractivity contribution in [3.05, 3.63) is 52.0 Å². The molecule has 0 atom stereocenters. The highest BCUT2D eigenvalue weighted by Gasteiger charge is 2.11. The van der Waals surface area contributed by atoms with Crippen molar-refractivity contribution in [3.8, 4) is 17.2 Å². The van der Waals surface area contributed by atoms with E-state index in [0.717, 1.165) is 0 Å². The van der Waals surface area contributed by atoms with Gasteiger partial charge in [0.05, 0.1) is 11.1 Å². The fraction of sp³-hybridized carbons (Fsp3) is 0.188. The average Bonchev–Trinajstić information content (AvgIpc) is 2.49. The summed E-state index contributed by atoms with van der Waals surface area (Å²) in [5, 5.41) is 0.550. The van der Waals surface area contributed by atoms with Crippen LogP contribution in [0.3, 0.4) is 0 Å². The number of benzene rings is 2. The van der Waals surface area contributed by atoms with E-state index >= 15 is 0 Å². The van der Waals surface area contributed by atoms with E-state index in [1.807, 2.05) is 13.0 Å². The van der Waals surface area contributed by atoms with E-state index in [-0.39, 0.29) is 6.61 Å². The van der Waals surface area contributed by atoms with Crippen molar-refractivity contribution in [1.82, 2.24) is 0 Å². The van der Waals surface area contributed by atoms with Gasteiger partial charge in [-0.05, 0) is 53.2 Å². The van der Waals surface area contributed by atoms with Crippen molar-refractivity contribution < 1.29 is 19.0 Å². The van der Waals surface area contributed by atoms with Crippen LogP contribution in [0.2, 0.25) is 5.02 Å². The zero-order chi connectivity index (χ0) is 15.9. The summed E-state index contributed by atoms with van der Waals surface area (Å²) < 4.78 is 16.7. The summed E-state index contributed by atoms with van der Waals surface area (Å²) in [6.45, 7) is 2.17. The van der Waals surface area contributed by atoms with Gasteiger partial charge in [0, 0.05) is 5.02 Å². The van der Waals surface area contributed by atoms with Gasteiger partial charge in [-0.15, -0.1) is 0 Å². The molecular weight excluding hydrogens is 372 g/mol. The Bertz CT molecular complexity index is 660. The van der Waals surface area contributed by atoms with E-state index < -0.39 is 5.97 Å². The van der Waals surface area contributed by atoms with Crippen LogP contribution in [0.4, 0.5) is 0 Å². The average molecular weight is 386 g/mol. The third-order valence-corrected chi connectivity index (χ3v) is 3.47. The molecule has 22 heavy (non-hydrogen) atoms. The Morgan fingerprint density at radius 1 is 1.09 bits per heavy atom. The quantitative estimate of drug-likeness (QED) is 0.543. The summed E-state index contributed by atoms with van der Waals surface area (Å²) in [5.41, 5.74) is 0. The normalized spacial score (nSPS) is 10.1. The Hall–Kier alpha value is -1.72. The Morgan fingerprint density at radius 2 is 1.77 bits per heavy atom. The largest absolute Gasteiger partial charge is 0.490 e. The third-order valence-electron chi connectivity index (χ3n) is 2.61. The molecule has 2 rings (SSSR count). The van der Waals surface area contributed by atoms with Crippen molar-refractivity contribution in [2.45, 2.75) is 6.92 Å². The molecule has 0 fully saturated rings. The van der Waals surface area contributed by atoms with Gasteiger partial charge in [0.25, 0.3) is 0 Å². The smallest absolute Gasteiger partial charge is 0.349 e. The molecule has 0 unspecified atom stereocenters. The molecule has 0 radical (unpaired) electrons. The molecular formula is C16H14BrClO4. The van der Waals surface area contributed by atoms with Crippen LogP contribution >= 0.6 is 27.5 Å². The van der Waals surface area contributed by atoms with Crippen LogP contribution in [-0.2, 0) is 4.79 Å². The minimum Gasteiger partial charge on any atom is -0.490 e. The molecule has 0 N–H and O–H groups in total. The Labute approximate surface area is 142 Å². The number of hydrogen-bond acceptors (Lipinski definition) is 4. The molecule has 0 aromatic heterocycles. The van der Waals surface area contributed by atoms with Gasteiger partial charge in [0.2, 0.25) is 0 Å². The first-order valence-electron chi connectivity index (χ1n) is 6.60. The summed E-state index contributed by atoms with van der Waals surface area (Å²) in [5.74, 6) is 0.951. The highest BCUT2D eigenvalue weighted by Crippen LogP contribution is 2.29. The molecule has 6 heteroatoms. The monoisotopic (exact) mass is 384 g/mol. The van der Waals surface area contributed by atoms with Crippen LogP contribution in [0.25, 0.3) is 0 Å². The minimum absolute atomic E-state index is 0.223. The van der Waals surface area contributed by atoms with E-state index in [1.165, 1.54) is 0 Å². The fourth-order valence-corrected chi connectivity index (χ4v) is 2.45. The van der Waals surface area contributed by atoms with Crippen LogP contribution in [0.1, 0.15) is 6.92 Å². The molecule has 0 heterocycles. The number of para-hydroxylation sites is 2. The standard InChI is InChI=1S/C16H14BrClO4/c1-2-20-14-5-3-4-6-15(14)21-10-16(19)22-13-8-7-11(18)9-12(13)17/h3-9H,2,10H2,1H3. The van der Waals surface area contributed by atoms with Crippen LogP contribution in [0.5, 0.6) is 17.2 Å². The number of hydrogen-bond donors (Lipinski definition) is 0. The van der Waals surface area contributed by atoms with E-state index in [2.05, 4.69) is 15.9 Å². The van der Waals surface area contributed by atoms with Gasteiger partial charge in [-0.25, -0.2) is 4.79 Å². The van der Waals surface area contributed by atoms with E-state index in [0.29, 0.717) is 33.4 Å². The van der Waals surface area contributed by atoms with Gasteiger partial charge >= 0.3 is 5.97 Å². The predicted octanol–water partition coefficient (Wildman–Crippen LogP) is 4.49. The van der Waals surface area contributed by atoms with Crippen LogP contribution in [0.15, 0.2) is 46.9 Å². The number of rotatable bonds is 6. The maximum Gasteiger partial charge on any atom is 0.349 e. The molecule has 0 saturated carbocycles. The second kappa shape index (κ2) is 8.06. The lowest BCUT2D eigenvalue weighted by Crippen LogP contribution is -2.18. The number of halogens is 2. The first-order valence-corrected chi connectivity index (χ1v) is 7.77.